The predicted molar refractivity (Wildman–Crippen MR) is 368 cm³/mol. The van der Waals surface area contributed by atoms with Crippen molar-refractivity contribution in [3.8, 4) is 0 Å². The smallest absolute Gasteiger partial charge is 0.462 e. The van der Waals surface area contributed by atoms with Crippen molar-refractivity contribution in [2.75, 3.05) is 39.6 Å². The lowest BCUT2D eigenvalue weighted by Gasteiger charge is -2.21. The van der Waals surface area contributed by atoms with Crippen LogP contribution in [0.4, 0.5) is 0 Å². The molecule has 0 spiro atoms. The van der Waals surface area contributed by atoms with Crippen molar-refractivity contribution < 1.29 is 80.2 Å². The number of ether oxygens (including phenoxy) is 4. The molecule has 0 aliphatic heterocycles. The molecule has 0 fully saturated rings. The number of carbonyl (C=O) groups excluding carboxylic acids is 4. The van der Waals surface area contributed by atoms with Crippen LogP contribution in [0.1, 0.15) is 369 Å². The summed E-state index contributed by atoms with van der Waals surface area (Å²) in [5, 5.41) is 10.6. The Labute approximate surface area is 556 Å². The fourth-order valence-electron chi connectivity index (χ4n) is 10.9. The van der Waals surface area contributed by atoms with Crippen LogP contribution in [-0.4, -0.2) is 96.7 Å². The number of aliphatic hydroxyl groups is 1. The zero-order valence-electron chi connectivity index (χ0n) is 59.1. The third-order valence-corrected chi connectivity index (χ3v) is 19.0. The van der Waals surface area contributed by atoms with Crippen LogP contribution in [0, 0.1) is 11.8 Å². The molecule has 0 aliphatic carbocycles. The average Bonchev–Trinajstić information content (AvgIpc) is 3.63. The monoisotopic (exact) mass is 1340 g/mol. The van der Waals surface area contributed by atoms with Crippen molar-refractivity contribution >= 4 is 39.5 Å². The molecule has 0 aromatic carbocycles. The molecular weight excluding hydrogens is 1200 g/mol. The van der Waals surface area contributed by atoms with Gasteiger partial charge in [-0.1, -0.05) is 318 Å². The van der Waals surface area contributed by atoms with E-state index in [-0.39, 0.29) is 25.7 Å². The largest absolute Gasteiger partial charge is 0.472 e. The quantitative estimate of drug-likeness (QED) is 0.0222. The minimum atomic E-state index is -4.95. The maximum absolute atomic E-state index is 13.0. The molecule has 0 rings (SSSR count). The van der Waals surface area contributed by atoms with E-state index in [0.717, 1.165) is 95.8 Å². The van der Waals surface area contributed by atoms with Crippen LogP contribution >= 0.6 is 15.6 Å². The molecule has 0 aromatic rings. The van der Waals surface area contributed by atoms with E-state index >= 15 is 0 Å². The van der Waals surface area contributed by atoms with Crippen LogP contribution < -0.4 is 0 Å². The lowest BCUT2D eigenvalue weighted by Crippen LogP contribution is -2.30. The van der Waals surface area contributed by atoms with Crippen molar-refractivity contribution in [3.05, 3.63) is 0 Å². The Morgan fingerprint density at radius 1 is 0.319 bits per heavy atom. The maximum Gasteiger partial charge on any atom is 0.472 e. The fourth-order valence-corrected chi connectivity index (χ4v) is 12.5. The van der Waals surface area contributed by atoms with Gasteiger partial charge in [-0.15, -0.1) is 0 Å². The SMILES string of the molecule is CCCCCCCCCCCCCCCCCCCC(=O)O[C@H](COC(=O)CCCCCCCCCCCCC(C)CC)COP(=O)(O)OC[C@@H](O)COP(=O)(O)OC[C@@H](COC(=O)CCCCCCCCCCCC)OC(=O)CCCCCCCCCC(C)C. The molecule has 0 saturated carbocycles. The van der Waals surface area contributed by atoms with Gasteiger partial charge < -0.3 is 33.8 Å². The number of unbranched alkanes of at least 4 members (excludes halogenated alkanes) is 40. The highest BCUT2D eigenvalue weighted by Crippen LogP contribution is 2.45. The Morgan fingerprint density at radius 2 is 0.560 bits per heavy atom. The van der Waals surface area contributed by atoms with Gasteiger partial charge in [-0.2, -0.15) is 0 Å². The number of phosphoric ester groups is 2. The van der Waals surface area contributed by atoms with Gasteiger partial charge in [0.1, 0.15) is 19.3 Å². The zero-order chi connectivity index (χ0) is 67.2. The van der Waals surface area contributed by atoms with E-state index in [4.69, 9.17) is 37.0 Å². The molecule has 0 saturated heterocycles. The third-order valence-electron chi connectivity index (χ3n) is 17.1. The summed E-state index contributed by atoms with van der Waals surface area (Å²) in [5.41, 5.74) is 0. The van der Waals surface area contributed by atoms with Crippen LogP contribution in [-0.2, 0) is 65.4 Å². The summed E-state index contributed by atoms with van der Waals surface area (Å²) in [7, 11) is -9.90. The number of aliphatic hydroxyl groups excluding tert-OH is 1. The molecule has 0 bridgehead atoms. The first-order chi connectivity index (χ1) is 43.9. The highest BCUT2D eigenvalue weighted by Gasteiger charge is 2.30. The Morgan fingerprint density at radius 3 is 0.835 bits per heavy atom. The fraction of sp³-hybridized carbons (Fsp3) is 0.944. The van der Waals surface area contributed by atoms with Gasteiger partial charge >= 0.3 is 39.5 Å². The van der Waals surface area contributed by atoms with Crippen LogP contribution in [0.25, 0.3) is 0 Å². The van der Waals surface area contributed by atoms with Crippen molar-refractivity contribution in [1.82, 2.24) is 0 Å². The molecule has 91 heavy (non-hydrogen) atoms. The van der Waals surface area contributed by atoms with Crippen molar-refractivity contribution in [1.29, 1.82) is 0 Å². The summed E-state index contributed by atoms with van der Waals surface area (Å²) in [6.07, 6.45) is 49.9. The molecule has 3 N–H and O–H groups in total. The first kappa shape index (κ1) is 89.1. The van der Waals surface area contributed by atoms with Gasteiger partial charge in [0.25, 0.3) is 0 Å². The molecule has 6 atom stereocenters. The Bertz CT molecular complexity index is 1770. The van der Waals surface area contributed by atoms with Crippen LogP contribution in [0.2, 0.25) is 0 Å². The van der Waals surface area contributed by atoms with Gasteiger partial charge in [0, 0.05) is 25.7 Å². The lowest BCUT2D eigenvalue weighted by molar-refractivity contribution is -0.161. The molecular formula is C72H140O17P2. The third kappa shape index (κ3) is 65.1. The number of esters is 4. The molecule has 0 radical (unpaired) electrons. The van der Waals surface area contributed by atoms with Gasteiger partial charge in [0.15, 0.2) is 12.2 Å². The van der Waals surface area contributed by atoms with E-state index in [1.54, 1.807) is 0 Å². The summed E-state index contributed by atoms with van der Waals surface area (Å²) in [6.45, 7) is 9.52. The molecule has 3 unspecified atom stereocenters. The van der Waals surface area contributed by atoms with E-state index in [9.17, 15) is 43.2 Å². The van der Waals surface area contributed by atoms with Gasteiger partial charge in [0.05, 0.1) is 26.4 Å². The second-order valence-corrected chi connectivity index (χ2v) is 29.6. The van der Waals surface area contributed by atoms with Crippen LogP contribution in [0.5, 0.6) is 0 Å². The molecule has 17 nitrogen and oxygen atoms in total. The first-order valence-corrected chi connectivity index (χ1v) is 40.5. The van der Waals surface area contributed by atoms with E-state index in [1.807, 2.05) is 0 Å². The number of phosphoric acid groups is 2. The Balaban J connectivity index is 5.23. The summed E-state index contributed by atoms with van der Waals surface area (Å²) in [6, 6.07) is 0. The molecule has 0 aliphatic rings. The summed E-state index contributed by atoms with van der Waals surface area (Å²) in [5.74, 6) is -0.617. The second kappa shape index (κ2) is 64.1. The van der Waals surface area contributed by atoms with Gasteiger partial charge in [0.2, 0.25) is 0 Å². The van der Waals surface area contributed by atoms with E-state index < -0.39 is 97.5 Å². The van der Waals surface area contributed by atoms with Crippen molar-refractivity contribution in [2.24, 2.45) is 11.8 Å². The van der Waals surface area contributed by atoms with Crippen molar-refractivity contribution in [2.45, 2.75) is 387 Å². The molecule has 0 aromatic heterocycles. The first-order valence-electron chi connectivity index (χ1n) is 37.5. The summed E-state index contributed by atoms with van der Waals surface area (Å²) in [4.78, 5) is 72.6. The lowest BCUT2D eigenvalue weighted by atomic mass is 9.99. The number of hydrogen-bond donors (Lipinski definition) is 3. The van der Waals surface area contributed by atoms with Crippen LogP contribution in [0.3, 0.4) is 0 Å². The maximum atomic E-state index is 13.0. The van der Waals surface area contributed by atoms with Gasteiger partial charge in [-0.25, -0.2) is 9.13 Å². The normalized spacial score (nSPS) is 14.4. The zero-order valence-corrected chi connectivity index (χ0v) is 60.9. The Kier molecular flexibility index (Phi) is 62.7. The minimum Gasteiger partial charge on any atom is -0.462 e. The van der Waals surface area contributed by atoms with E-state index in [1.165, 1.54) is 186 Å². The molecule has 0 heterocycles. The number of hydrogen-bond acceptors (Lipinski definition) is 15. The number of carbonyl (C=O) groups is 4. The van der Waals surface area contributed by atoms with Gasteiger partial charge in [-0.05, 0) is 37.5 Å². The average molecular weight is 1340 g/mol. The molecule has 540 valence electrons. The molecule has 0 amide bonds. The predicted octanol–water partition coefficient (Wildman–Crippen LogP) is 20.8. The summed E-state index contributed by atoms with van der Waals surface area (Å²) >= 11 is 0. The minimum absolute atomic E-state index is 0.104. The van der Waals surface area contributed by atoms with E-state index in [0.29, 0.717) is 31.6 Å². The summed E-state index contributed by atoms with van der Waals surface area (Å²) < 4.78 is 68.3. The topological polar surface area (TPSA) is 237 Å². The van der Waals surface area contributed by atoms with Crippen LogP contribution in [0.15, 0.2) is 0 Å². The molecule has 19 heteroatoms. The van der Waals surface area contributed by atoms with Crippen molar-refractivity contribution in [3.63, 3.8) is 0 Å². The highest BCUT2D eigenvalue weighted by molar-refractivity contribution is 7.47. The number of rotatable bonds is 71. The van der Waals surface area contributed by atoms with Gasteiger partial charge in [-0.3, -0.25) is 37.3 Å². The second-order valence-electron chi connectivity index (χ2n) is 26.7. The Hall–Kier alpha value is -1.94. The standard InChI is InChI=1S/C72H140O17P2/c1-7-10-12-14-16-18-20-21-22-23-24-25-26-32-38-44-50-56-71(76)88-67(60-83-70(75)55-49-43-37-31-28-27-29-35-41-47-53-65(6)9-3)62-86-90(78,79)84-58-66(73)59-85-91(80,81)87-63-68(89-72(77)57-51-45-39-33-34-40-46-52-64(4)5)61-82-69(74)54-48-42-36-30-19-17-15-13-11-8-2/h64-68,73H,7-63H2,1-6H3,(H,78,79)(H,80,81)/t65?,66-,67-,68-/m1/s1. The van der Waals surface area contributed by atoms with E-state index in [2.05, 4.69) is 41.5 Å². The highest BCUT2D eigenvalue weighted by atomic mass is 31.2.